The lowest BCUT2D eigenvalue weighted by Gasteiger charge is -2.23. The lowest BCUT2D eigenvalue weighted by Crippen LogP contribution is -2.34. The van der Waals surface area contributed by atoms with Crippen LogP contribution in [0.1, 0.15) is 30.3 Å². The molecule has 134 valence electrons. The van der Waals surface area contributed by atoms with Gasteiger partial charge in [0.15, 0.2) is 11.6 Å². The van der Waals surface area contributed by atoms with Crippen molar-refractivity contribution in [3.8, 4) is 11.4 Å². The zero-order valence-corrected chi connectivity index (χ0v) is 14.7. The Balaban J connectivity index is 1.46. The number of nitrogens with zero attached hydrogens (tertiary/aromatic N) is 5. The first kappa shape index (κ1) is 16.3. The predicted molar refractivity (Wildman–Crippen MR) is 95.4 cm³/mol. The molecule has 0 spiro atoms. The molecule has 26 heavy (non-hydrogen) atoms. The van der Waals surface area contributed by atoms with E-state index in [-0.39, 0.29) is 12.1 Å². The summed E-state index contributed by atoms with van der Waals surface area (Å²) in [6.45, 7) is 2.58. The maximum Gasteiger partial charge on any atom is 0.322 e. The lowest BCUT2D eigenvalue weighted by atomic mass is 10.1. The number of hydrogen-bond acceptors (Lipinski definition) is 5. The summed E-state index contributed by atoms with van der Waals surface area (Å²) in [6, 6.07) is 9.27. The van der Waals surface area contributed by atoms with Crippen molar-refractivity contribution < 1.29 is 9.32 Å². The Labute approximate surface area is 150 Å². The van der Waals surface area contributed by atoms with Gasteiger partial charge in [-0.25, -0.2) is 4.79 Å². The molecule has 2 aromatic heterocycles. The number of urea groups is 1. The SMILES string of the molecule is Cc1cc(C2CCCN2C(=O)Nc2ccc(-c3nncn3C)cc2)on1. The summed E-state index contributed by atoms with van der Waals surface area (Å²) in [6.07, 6.45) is 3.49. The summed E-state index contributed by atoms with van der Waals surface area (Å²) in [5.74, 6) is 1.52. The molecule has 0 aliphatic carbocycles. The van der Waals surface area contributed by atoms with Crippen molar-refractivity contribution in [2.24, 2.45) is 7.05 Å². The van der Waals surface area contributed by atoms with Crippen LogP contribution in [0.15, 0.2) is 41.2 Å². The first-order chi connectivity index (χ1) is 12.6. The summed E-state index contributed by atoms with van der Waals surface area (Å²) < 4.78 is 7.21. The minimum absolute atomic E-state index is 0.0610. The van der Waals surface area contributed by atoms with E-state index in [0.29, 0.717) is 6.54 Å². The number of likely N-dealkylation sites (tertiary alicyclic amines) is 1. The molecule has 1 aromatic carbocycles. The van der Waals surface area contributed by atoms with Crippen LogP contribution in [0.4, 0.5) is 10.5 Å². The Hall–Kier alpha value is -3.16. The van der Waals surface area contributed by atoms with E-state index in [9.17, 15) is 4.79 Å². The molecule has 8 heteroatoms. The van der Waals surface area contributed by atoms with Gasteiger partial charge in [0.25, 0.3) is 0 Å². The number of carbonyl (C=O) groups is 1. The molecule has 8 nitrogen and oxygen atoms in total. The monoisotopic (exact) mass is 352 g/mol. The molecule has 0 bridgehead atoms. The van der Waals surface area contributed by atoms with Crippen LogP contribution >= 0.6 is 0 Å². The second-order valence-corrected chi connectivity index (χ2v) is 6.50. The molecule has 1 saturated heterocycles. The molecule has 1 N–H and O–H groups in total. The number of rotatable bonds is 3. The molecule has 1 aliphatic heterocycles. The van der Waals surface area contributed by atoms with Crippen molar-refractivity contribution in [3.63, 3.8) is 0 Å². The minimum atomic E-state index is -0.132. The second kappa shape index (κ2) is 6.62. The number of aromatic nitrogens is 4. The zero-order chi connectivity index (χ0) is 18.1. The molecule has 0 radical (unpaired) electrons. The molecule has 0 saturated carbocycles. The second-order valence-electron chi connectivity index (χ2n) is 6.50. The van der Waals surface area contributed by atoms with Crippen molar-refractivity contribution in [1.82, 2.24) is 24.8 Å². The highest BCUT2D eigenvalue weighted by Crippen LogP contribution is 2.32. The van der Waals surface area contributed by atoms with Crippen LogP contribution in [-0.4, -0.2) is 37.4 Å². The van der Waals surface area contributed by atoms with Crippen LogP contribution in [0.2, 0.25) is 0 Å². The highest BCUT2D eigenvalue weighted by molar-refractivity contribution is 5.90. The lowest BCUT2D eigenvalue weighted by molar-refractivity contribution is 0.195. The number of amides is 2. The van der Waals surface area contributed by atoms with Gasteiger partial charge in [-0.15, -0.1) is 10.2 Å². The van der Waals surface area contributed by atoms with E-state index in [2.05, 4.69) is 20.7 Å². The fourth-order valence-electron chi connectivity index (χ4n) is 3.29. The van der Waals surface area contributed by atoms with Crippen molar-refractivity contribution in [3.05, 3.63) is 48.1 Å². The van der Waals surface area contributed by atoms with Gasteiger partial charge in [0.05, 0.1) is 11.7 Å². The van der Waals surface area contributed by atoms with Crippen molar-refractivity contribution in [1.29, 1.82) is 0 Å². The summed E-state index contributed by atoms with van der Waals surface area (Å²) in [5, 5.41) is 14.9. The van der Waals surface area contributed by atoms with Crippen LogP contribution in [0.25, 0.3) is 11.4 Å². The number of nitrogens with one attached hydrogen (secondary N) is 1. The number of hydrogen-bond donors (Lipinski definition) is 1. The predicted octanol–water partition coefficient (Wildman–Crippen LogP) is 3.15. The standard InChI is InChI=1S/C18H20N6O2/c1-12-10-16(26-22-12)15-4-3-9-24(15)18(25)20-14-7-5-13(6-8-14)17-21-19-11-23(17)2/h5-8,10-11,15H,3-4,9H2,1-2H3,(H,20,25). The van der Waals surface area contributed by atoms with Gasteiger partial charge in [-0.1, -0.05) is 5.16 Å². The van der Waals surface area contributed by atoms with Gasteiger partial charge in [0.2, 0.25) is 0 Å². The molecule has 3 heterocycles. The third-order valence-corrected chi connectivity index (χ3v) is 4.59. The van der Waals surface area contributed by atoms with Crippen molar-refractivity contribution >= 4 is 11.7 Å². The van der Waals surface area contributed by atoms with Crippen LogP contribution in [-0.2, 0) is 7.05 Å². The van der Waals surface area contributed by atoms with E-state index in [4.69, 9.17) is 4.52 Å². The average Bonchev–Trinajstić information content (AvgIpc) is 3.36. The van der Waals surface area contributed by atoms with Gasteiger partial charge in [-0.05, 0) is 44.0 Å². The van der Waals surface area contributed by atoms with E-state index in [1.54, 1.807) is 11.2 Å². The van der Waals surface area contributed by atoms with Crippen LogP contribution in [0, 0.1) is 6.92 Å². The van der Waals surface area contributed by atoms with E-state index in [1.165, 1.54) is 0 Å². The quantitative estimate of drug-likeness (QED) is 0.782. The van der Waals surface area contributed by atoms with E-state index in [1.807, 2.05) is 48.9 Å². The Bertz CT molecular complexity index is 914. The highest BCUT2D eigenvalue weighted by atomic mass is 16.5. The average molecular weight is 352 g/mol. The van der Waals surface area contributed by atoms with E-state index < -0.39 is 0 Å². The number of carbonyl (C=O) groups excluding carboxylic acids is 1. The number of aryl methyl sites for hydroxylation is 2. The topological polar surface area (TPSA) is 89.1 Å². The Morgan fingerprint density at radius 1 is 1.31 bits per heavy atom. The largest absolute Gasteiger partial charge is 0.359 e. The normalized spacial score (nSPS) is 16.8. The van der Waals surface area contributed by atoms with Gasteiger partial charge < -0.3 is 19.3 Å². The fraction of sp³-hybridized carbons (Fsp3) is 0.333. The number of anilines is 1. The maximum atomic E-state index is 12.7. The summed E-state index contributed by atoms with van der Waals surface area (Å²) >= 11 is 0. The van der Waals surface area contributed by atoms with E-state index >= 15 is 0 Å². The molecule has 3 aromatic rings. The number of benzene rings is 1. The third-order valence-electron chi connectivity index (χ3n) is 4.59. The summed E-state index contributed by atoms with van der Waals surface area (Å²) in [5.41, 5.74) is 2.51. The maximum absolute atomic E-state index is 12.7. The van der Waals surface area contributed by atoms with Gasteiger partial charge in [0, 0.05) is 30.9 Å². The van der Waals surface area contributed by atoms with E-state index in [0.717, 1.165) is 41.4 Å². The molecule has 1 unspecified atom stereocenters. The first-order valence-corrected chi connectivity index (χ1v) is 8.57. The Morgan fingerprint density at radius 3 is 2.77 bits per heavy atom. The van der Waals surface area contributed by atoms with Gasteiger partial charge in [-0.3, -0.25) is 0 Å². The van der Waals surface area contributed by atoms with Crippen LogP contribution in [0.5, 0.6) is 0 Å². The molecular weight excluding hydrogens is 332 g/mol. The Kier molecular flexibility index (Phi) is 4.16. The first-order valence-electron chi connectivity index (χ1n) is 8.57. The highest BCUT2D eigenvalue weighted by Gasteiger charge is 2.32. The van der Waals surface area contributed by atoms with Crippen molar-refractivity contribution in [2.45, 2.75) is 25.8 Å². The molecule has 1 aliphatic rings. The van der Waals surface area contributed by atoms with Crippen LogP contribution in [0.3, 0.4) is 0 Å². The van der Waals surface area contributed by atoms with Gasteiger partial charge in [-0.2, -0.15) is 0 Å². The molecule has 1 atom stereocenters. The molecular formula is C18H20N6O2. The van der Waals surface area contributed by atoms with Gasteiger partial charge in [0.1, 0.15) is 6.33 Å². The van der Waals surface area contributed by atoms with Crippen molar-refractivity contribution in [2.75, 3.05) is 11.9 Å². The molecule has 2 amide bonds. The van der Waals surface area contributed by atoms with Crippen LogP contribution < -0.4 is 5.32 Å². The third kappa shape index (κ3) is 3.05. The summed E-state index contributed by atoms with van der Waals surface area (Å²) in [7, 11) is 1.89. The smallest absolute Gasteiger partial charge is 0.322 e. The summed E-state index contributed by atoms with van der Waals surface area (Å²) in [4.78, 5) is 14.5. The zero-order valence-electron chi connectivity index (χ0n) is 14.7. The molecule has 4 rings (SSSR count). The fourth-order valence-corrected chi connectivity index (χ4v) is 3.29. The minimum Gasteiger partial charge on any atom is -0.359 e. The Morgan fingerprint density at radius 2 is 2.12 bits per heavy atom. The molecule has 1 fully saturated rings. The van der Waals surface area contributed by atoms with Gasteiger partial charge >= 0.3 is 6.03 Å².